The highest BCUT2D eigenvalue weighted by atomic mass is 35.5. The lowest BCUT2D eigenvalue weighted by Gasteiger charge is -2.32. The Bertz CT molecular complexity index is 1180. The summed E-state index contributed by atoms with van der Waals surface area (Å²) in [6.07, 6.45) is 6.95. The monoisotopic (exact) mass is 439 g/mol. The maximum atomic E-state index is 12.9. The molecule has 1 aliphatic rings. The standard InChI is InChI=1S/C20H18ClN7OS/c21-14-3-4-15-16(10-14)30-20(23-15)24-19(29)13-2-1-8-27(11-13)17-5-6-18(26-25-17)28-9-7-22-12-28/h3-7,9-10,12-13H,1-2,8,11H2,(H,23,24,29)/t13-/m0/s1. The van der Waals surface area contributed by atoms with Crippen molar-refractivity contribution in [3.63, 3.8) is 0 Å². The molecule has 4 aromatic rings. The van der Waals surface area contributed by atoms with Crippen molar-refractivity contribution in [1.29, 1.82) is 0 Å². The number of amides is 1. The van der Waals surface area contributed by atoms with Crippen LogP contribution in [0, 0.1) is 5.92 Å². The Balaban J connectivity index is 1.26. The first-order chi connectivity index (χ1) is 14.7. The summed E-state index contributed by atoms with van der Waals surface area (Å²) in [5.41, 5.74) is 0.832. The lowest BCUT2D eigenvalue weighted by atomic mass is 9.97. The topological polar surface area (TPSA) is 88.8 Å². The first-order valence-electron chi connectivity index (χ1n) is 9.60. The number of carbonyl (C=O) groups excluding carboxylic acids is 1. The highest BCUT2D eigenvalue weighted by Gasteiger charge is 2.27. The second-order valence-electron chi connectivity index (χ2n) is 7.13. The van der Waals surface area contributed by atoms with E-state index in [0.717, 1.165) is 35.4 Å². The summed E-state index contributed by atoms with van der Waals surface area (Å²) >= 11 is 7.47. The first kappa shape index (κ1) is 19.0. The van der Waals surface area contributed by atoms with E-state index in [2.05, 4.69) is 30.4 Å². The third-order valence-corrected chi connectivity index (χ3v) is 6.27. The molecule has 1 amide bonds. The van der Waals surface area contributed by atoms with Crippen LogP contribution in [0.15, 0.2) is 49.1 Å². The molecule has 10 heteroatoms. The number of piperidine rings is 1. The van der Waals surface area contributed by atoms with Gasteiger partial charge in [-0.1, -0.05) is 22.9 Å². The minimum Gasteiger partial charge on any atom is -0.354 e. The molecule has 0 radical (unpaired) electrons. The quantitative estimate of drug-likeness (QED) is 0.520. The second-order valence-corrected chi connectivity index (χ2v) is 8.59. The van der Waals surface area contributed by atoms with Crippen LogP contribution < -0.4 is 10.2 Å². The maximum Gasteiger partial charge on any atom is 0.231 e. The number of rotatable bonds is 4. The van der Waals surface area contributed by atoms with E-state index in [1.165, 1.54) is 11.3 Å². The van der Waals surface area contributed by atoms with Gasteiger partial charge in [0.05, 0.1) is 16.1 Å². The van der Waals surface area contributed by atoms with Gasteiger partial charge in [-0.2, -0.15) is 0 Å². The van der Waals surface area contributed by atoms with E-state index in [4.69, 9.17) is 11.6 Å². The van der Waals surface area contributed by atoms with E-state index in [1.54, 1.807) is 23.2 Å². The van der Waals surface area contributed by atoms with E-state index in [-0.39, 0.29) is 11.8 Å². The molecule has 0 unspecified atom stereocenters. The Kier molecular flexibility index (Phi) is 5.06. The number of anilines is 2. The Morgan fingerprint density at radius 2 is 2.07 bits per heavy atom. The molecule has 1 N–H and O–H groups in total. The average Bonchev–Trinajstić information content (AvgIpc) is 3.43. The van der Waals surface area contributed by atoms with Crippen molar-refractivity contribution in [3.05, 3.63) is 54.1 Å². The van der Waals surface area contributed by atoms with Crippen molar-refractivity contribution < 1.29 is 4.79 Å². The third-order valence-electron chi connectivity index (χ3n) is 5.10. The van der Waals surface area contributed by atoms with Gasteiger partial charge in [-0.15, -0.1) is 10.2 Å². The van der Waals surface area contributed by atoms with Gasteiger partial charge >= 0.3 is 0 Å². The number of hydrogen-bond donors (Lipinski definition) is 1. The summed E-state index contributed by atoms with van der Waals surface area (Å²) in [4.78, 5) is 23.5. The van der Waals surface area contributed by atoms with Gasteiger partial charge in [0, 0.05) is 30.5 Å². The molecule has 1 atom stereocenters. The molecule has 0 spiro atoms. The predicted molar refractivity (Wildman–Crippen MR) is 117 cm³/mol. The number of imidazole rings is 1. The van der Waals surface area contributed by atoms with Gasteiger partial charge in [0.25, 0.3) is 0 Å². The number of thiazole rings is 1. The zero-order chi connectivity index (χ0) is 20.5. The Morgan fingerprint density at radius 1 is 1.20 bits per heavy atom. The van der Waals surface area contributed by atoms with E-state index < -0.39 is 0 Å². The molecular formula is C20H18ClN7OS. The van der Waals surface area contributed by atoms with Crippen molar-refractivity contribution in [3.8, 4) is 5.82 Å². The molecule has 1 fully saturated rings. The van der Waals surface area contributed by atoms with Gasteiger partial charge in [-0.05, 0) is 43.2 Å². The zero-order valence-corrected chi connectivity index (χ0v) is 17.5. The summed E-state index contributed by atoms with van der Waals surface area (Å²) in [5.74, 6) is 1.32. The van der Waals surface area contributed by atoms with Crippen molar-refractivity contribution in [2.24, 2.45) is 5.92 Å². The summed E-state index contributed by atoms with van der Waals surface area (Å²) in [7, 11) is 0. The first-order valence-corrected chi connectivity index (χ1v) is 10.8. The molecule has 3 aromatic heterocycles. The summed E-state index contributed by atoms with van der Waals surface area (Å²) in [6, 6.07) is 9.35. The Hall–Kier alpha value is -3.04. The van der Waals surface area contributed by atoms with Gasteiger partial charge < -0.3 is 10.2 Å². The number of halogens is 1. The van der Waals surface area contributed by atoms with Crippen LogP contribution in [0.3, 0.4) is 0 Å². The molecular weight excluding hydrogens is 422 g/mol. The molecule has 5 rings (SSSR count). The maximum absolute atomic E-state index is 12.9. The molecule has 8 nitrogen and oxygen atoms in total. The normalized spacial score (nSPS) is 16.7. The van der Waals surface area contributed by atoms with E-state index >= 15 is 0 Å². The van der Waals surface area contributed by atoms with Crippen LogP contribution in [-0.4, -0.2) is 43.7 Å². The SMILES string of the molecule is O=C(Nc1nc2ccc(Cl)cc2s1)[C@H]1CCCN(c2ccc(-n3ccnc3)nn2)C1. The molecule has 4 heterocycles. The molecule has 30 heavy (non-hydrogen) atoms. The number of benzene rings is 1. The van der Waals surface area contributed by atoms with Crippen LogP contribution in [0.5, 0.6) is 0 Å². The fraction of sp³-hybridized carbons (Fsp3) is 0.250. The number of fused-ring (bicyclic) bond motifs is 1. The van der Waals surface area contributed by atoms with E-state index in [1.807, 2.05) is 30.5 Å². The van der Waals surface area contributed by atoms with Crippen LogP contribution in [0.2, 0.25) is 5.02 Å². The van der Waals surface area contributed by atoms with Crippen molar-refractivity contribution in [2.45, 2.75) is 12.8 Å². The molecule has 1 saturated heterocycles. The number of hydrogen-bond acceptors (Lipinski definition) is 7. The second kappa shape index (κ2) is 8.00. The minimum absolute atomic E-state index is 0.0205. The predicted octanol–water partition coefficient (Wildman–Crippen LogP) is 3.78. The van der Waals surface area contributed by atoms with Gasteiger partial charge in [-0.3, -0.25) is 9.36 Å². The molecule has 0 aliphatic carbocycles. The fourth-order valence-electron chi connectivity index (χ4n) is 3.58. The molecule has 1 aromatic carbocycles. The molecule has 1 aliphatic heterocycles. The third kappa shape index (κ3) is 3.86. The fourth-order valence-corrected chi connectivity index (χ4v) is 4.72. The lowest BCUT2D eigenvalue weighted by Crippen LogP contribution is -2.41. The average molecular weight is 440 g/mol. The molecule has 0 saturated carbocycles. The van der Waals surface area contributed by atoms with Crippen LogP contribution >= 0.6 is 22.9 Å². The summed E-state index contributed by atoms with van der Waals surface area (Å²) in [5, 5.41) is 12.9. The number of nitrogens with one attached hydrogen (secondary N) is 1. The largest absolute Gasteiger partial charge is 0.354 e. The molecule has 152 valence electrons. The van der Waals surface area contributed by atoms with Gasteiger partial charge in [0.2, 0.25) is 5.91 Å². The van der Waals surface area contributed by atoms with E-state index in [9.17, 15) is 4.79 Å². The van der Waals surface area contributed by atoms with Crippen molar-refractivity contribution in [2.75, 3.05) is 23.3 Å². The zero-order valence-electron chi connectivity index (χ0n) is 15.9. The lowest BCUT2D eigenvalue weighted by molar-refractivity contribution is -0.120. The minimum atomic E-state index is -0.135. The van der Waals surface area contributed by atoms with Crippen LogP contribution in [-0.2, 0) is 4.79 Å². The number of carbonyl (C=O) groups is 1. The highest BCUT2D eigenvalue weighted by molar-refractivity contribution is 7.22. The van der Waals surface area contributed by atoms with Crippen molar-refractivity contribution >= 4 is 50.0 Å². The van der Waals surface area contributed by atoms with Gasteiger partial charge in [0.1, 0.15) is 6.33 Å². The van der Waals surface area contributed by atoms with Crippen LogP contribution in [0.1, 0.15) is 12.8 Å². The smallest absolute Gasteiger partial charge is 0.231 e. The van der Waals surface area contributed by atoms with Crippen molar-refractivity contribution in [1.82, 2.24) is 24.7 Å². The summed E-state index contributed by atoms with van der Waals surface area (Å²) < 4.78 is 2.75. The van der Waals surface area contributed by atoms with Gasteiger partial charge in [-0.25, -0.2) is 9.97 Å². The Morgan fingerprint density at radius 3 is 2.87 bits per heavy atom. The summed E-state index contributed by atoms with van der Waals surface area (Å²) in [6.45, 7) is 1.45. The van der Waals surface area contributed by atoms with Crippen LogP contribution in [0.25, 0.3) is 16.0 Å². The number of nitrogens with zero attached hydrogens (tertiary/aromatic N) is 6. The molecule has 0 bridgehead atoms. The number of aromatic nitrogens is 5. The van der Waals surface area contributed by atoms with E-state index in [0.29, 0.717) is 22.5 Å². The van der Waals surface area contributed by atoms with Gasteiger partial charge in [0.15, 0.2) is 16.8 Å². The highest BCUT2D eigenvalue weighted by Crippen LogP contribution is 2.29. The Labute approximate surface area is 181 Å². The van der Waals surface area contributed by atoms with Crippen LogP contribution in [0.4, 0.5) is 10.9 Å².